The molecule has 0 amide bonds. The van der Waals surface area contributed by atoms with Crippen molar-refractivity contribution < 1.29 is 19.4 Å². The number of benzene rings is 1. The number of Topliss-reactive ketones (excluding diaryl/α,β-unsaturated/α-hetero) is 1. The molecule has 0 saturated heterocycles. The first-order valence-electron chi connectivity index (χ1n) is 6.41. The quantitative estimate of drug-likeness (QED) is 0.650. The number of hydrogen-bond donors (Lipinski definition) is 1. The molecule has 0 saturated carbocycles. The second-order valence-electron chi connectivity index (χ2n) is 4.53. The number of aldehydes is 1. The molecule has 0 aliphatic heterocycles. The minimum atomic E-state index is -0.136. The topological polar surface area (TPSA) is 76.5 Å². The van der Waals surface area contributed by atoms with Crippen LogP contribution in [0.5, 0.6) is 5.75 Å². The fraction of sp³-hybridized carbons (Fsp3) is 0.188. The molecule has 1 N–H and O–H groups in total. The molecule has 0 spiro atoms. The van der Waals surface area contributed by atoms with E-state index in [0.717, 1.165) is 0 Å². The van der Waals surface area contributed by atoms with Crippen LogP contribution in [-0.2, 0) is 13.2 Å². The molecule has 21 heavy (non-hydrogen) atoms. The van der Waals surface area contributed by atoms with Crippen molar-refractivity contribution in [2.45, 2.75) is 20.1 Å². The Morgan fingerprint density at radius 3 is 2.81 bits per heavy atom. The van der Waals surface area contributed by atoms with Crippen LogP contribution in [0.1, 0.15) is 38.9 Å². The van der Waals surface area contributed by atoms with Crippen molar-refractivity contribution in [1.29, 1.82) is 0 Å². The monoisotopic (exact) mass is 285 g/mol. The normalized spacial score (nSPS) is 10.2. The second kappa shape index (κ2) is 6.76. The van der Waals surface area contributed by atoms with Gasteiger partial charge < -0.3 is 9.84 Å². The number of rotatable bonds is 6. The van der Waals surface area contributed by atoms with Crippen LogP contribution in [0.3, 0.4) is 0 Å². The highest BCUT2D eigenvalue weighted by molar-refractivity contribution is 5.93. The number of ketones is 1. The fourth-order valence-electron chi connectivity index (χ4n) is 1.85. The van der Waals surface area contributed by atoms with E-state index in [0.29, 0.717) is 34.4 Å². The highest BCUT2D eigenvalue weighted by atomic mass is 16.5. The van der Waals surface area contributed by atoms with Gasteiger partial charge in [0.1, 0.15) is 12.4 Å². The zero-order valence-corrected chi connectivity index (χ0v) is 11.6. The van der Waals surface area contributed by atoms with Crippen molar-refractivity contribution in [1.82, 2.24) is 4.98 Å². The average Bonchev–Trinajstić information content (AvgIpc) is 2.53. The zero-order chi connectivity index (χ0) is 15.2. The molecular formula is C16H15NO4. The maximum atomic E-state index is 11.3. The standard InChI is InChI=1S/C16H15NO4/c1-11(20)13-4-5-17-15(7-13)10-21-16-3-2-12(8-18)6-14(16)9-19/h2-7,9,18H,8,10H2,1H3. The fourth-order valence-corrected chi connectivity index (χ4v) is 1.85. The van der Waals surface area contributed by atoms with Gasteiger partial charge in [-0.05, 0) is 36.8 Å². The summed E-state index contributed by atoms with van der Waals surface area (Å²) in [5, 5.41) is 9.04. The van der Waals surface area contributed by atoms with Crippen molar-refractivity contribution in [3.05, 3.63) is 58.9 Å². The molecule has 0 atom stereocenters. The van der Waals surface area contributed by atoms with E-state index in [1.165, 1.54) is 6.92 Å². The number of pyridine rings is 1. The van der Waals surface area contributed by atoms with Gasteiger partial charge in [-0.25, -0.2) is 0 Å². The van der Waals surface area contributed by atoms with Crippen LogP contribution in [-0.4, -0.2) is 22.2 Å². The van der Waals surface area contributed by atoms with Crippen molar-refractivity contribution in [2.24, 2.45) is 0 Å². The van der Waals surface area contributed by atoms with E-state index in [1.807, 2.05) is 0 Å². The average molecular weight is 285 g/mol. The Kier molecular flexibility index (Phi) is 4.79. The van der Waals surface area contributed by atoms with Gasteiger partial charge in [-0.2, -0.15) is 0 Å². The highest BCUT2D eigenvalue weighted by Crippen LogP contribution is 2.20. The van der Waals surface area contributed by atoms with Crippen LogP contribution >= 0.6 is 0 Å². The molecular weight excluding hydrogens is 270 g/mol. The van der Waals surface area contributed by atoms with Crippen molar-refractivity contribution in [3.8, 4) is 5.75 Å². The lowest BCUT2D eigenvalue weighted by molar-refractivity contribution is 0.101. The molecule has 5 heteroatoms. The van der Waals surface area contributed by atoms with E-state index < -0.39 is 0 Å². The van der Waals surface area contributed by atoms with Crippen LogP contribution < -0.4 is 4.74 Å². The van der Waals surface area contributed by atoms with Crippen LogP contribution in [0.4, 0.5) is 0 Å². The molecule has 1 aromatic carbocycles. The maximum Gasteiger partial charge on any atom is 0.159 e. The lowest BCUT2D eigenvalue weighted by Crippen LogP contribution is -2.03. The van der Waals surface area contributed by atoms with Gasteiger partial charge in [-0.15, -0.1) is 0 Å². The number of aliphatic hydroxyl groups is 1. The van der Waals surface area contributed by atoms with Crippen LogP contribution in [0.25, 0.3) is 0 Å². The number of hydrogen-bond acceptors (Lipinski definition) is 5. The molecule has 0 radical (unpaired) electrons. The minimum Gasteiger partial charge on any atom is -0.487 e. The Bertz CT molecular complexity index is 667. The van der Waals surface area contributed by atoms with E-state index >= 15 is 0 Å². The third-order valence-corrected chi connectivity index (χ3v) is 2.98. The SMILES string of the molecule is CC(=O)c1ccnc(COc2ccc(CO)cc2C=O)c1. The molecule has 0 fully saturated rings. The van der Waals surface area contributed by atoms with Crippen molar-refractivity contribution in [2.75, 3.05) is 0 Å². The summed E-state index contributed by atoms with van der Waals surface area (Å²) in [6.45, 7) is 1.50. The number of nitrogens with zero attached hydrogens (tertiary/aromatic N) is 1. The van der Waals surface area contributed by atoms with E-state index in [2.05, 4.69) is 4.98 Å². The van der Waals surface area contributed by atoms with Gasteiger partial charge in [0.2, 0.25) is 0 Å². The third-order valence-electron chi connectivity index (χ3n) is 2.98. The van der Waals surface area contributed by atoms with Crippen LogP contribution in [0, 0.1) is 0 Å². The molecule has 2 aromatic rings. The Morgan fingerprint density at radius 2 is 2.14 bits per heavy atom. The summed E-state index contributed by atoms with van der Waals surface area (Å²) in [6.07, 6.45) is 2.22. The lowest BCUT2D eigenvalue weighted by atomic mass is 10.1. The van der Waals surface area contributed by atoms with Crippen LogP contribution in [0.15, 0.2) is 36.5 Å². The van der Waals surface area contributed by atoms with Crippen molar-refractivity contribution in [3.63, 3.8) is 0 Å². The van der Waals surface area contributed by atoms with Gasteiger partial charge in [-0.3, -0.25) is 14.6 Å². The molecule has 2 rings (SSSR count). The predicted octanol–water partition coefficient (Wildman–Crippen LogP) is 2.17. The number of carbonyl (C=O) groups excluding carboxylic acids is 2. The summed E-state index contributed by atoms with van der Waals surface area (Å²) in [5.41, 5.74) is 2.17. The summed E-state index contributed by atoms with van der Waals surface area (Å²) in [5.74, 6) is 0.372. The van der Waals surface area contributed by atoms with Gasteiger partial charge in [-0.1, -0.05) is 6.07 Å². The highest BCUT2D eigenvalue weighted by Gasteiger charge is 2.07. The lowest BCUT2D eigenvalue weighted by Gasteiger charge is -2.09. The first-order chi connectivity index (χ1) is 10.1. The zero-order valence-electron chi connectivity index (χ0n) is 11.6. The first kappa shape index (κ1) is 14.9. The van der Waals surface area contributed by atoms with Gasteiger partial charge in [0, 0.05) is 11.8 Å². The van der Waals surface area contributed by atoms with E-state index in [9.17, 15) is 9.59 Å². The molecule has 0 unspecified atom stereocenters. The van der Waals surface area contributed by atoms with E-state index in [4.69, 9.17) is 9.84 Å². The predicted molar refractivity (Wildman–Crippen MR) is 76.3 cm³/mol. The maximum absolute atomic E-state index is 11.3. The largest absolute Gasteiger partial charge is 0.487 e. The molecule has 108 valence electrons. The Morgan fingerprint density at radius 1 is 1.33 bits per heavy atom. The minimum absolute atomic E-state index is 0.0421. The third kappa shape index (κ3) is 3.73. The second-order valence-corrected chi connectivity index (χ2v) is 4.53. The van der Waals surface area contributed by atoms with Gasteiger partial charge in [0.15, 0.2) is 12.1 Å². The summed E-state index contributed by atoms with van der Waals surface area (Å²) in [6, 6.07) is 8.18. The van der Waals surface area contributed by atoms with Gasteiger partial charge >= 0.3 is 0 Å². The number of ether oxygens (including phenoxy) is 1. The van der Waals surface area contributed by atoms with Crippen molar-refractivity contribution >= 4 is 12.1 Å². The summed E-state index contributed by atoms with van der Waals surface area (Å²) < 4.78 is 5.56. The molecule has 1 aromatic heterocycles. The van der Waals surface area contributed by atoms with Crippen LogP contribution in [0.2, 0.25) is 0 Å². The summed E-state index contributed by atoms with van der Waals surface area (Å²) >= 11 is 0. The van der Waals surface area contributed by atoms with Gasteiger partial charge in [0.25, 0.3) is 0 Å². The Hall–Kier alpha value is -2.53. The number of carbonyl (C=O) groups is 2. The summed E-state index contributed by atoms with van der Waals surface area (Å²) in [7, 11) is 0. The Labute approximate surface area is 122 Å². The molecule has 0 aliphatic carbocycles. The van der Waals surface area contributed by atoms with E-state index in [-0.39, 0.29) is 19.0 Å². The van der Waals surface area contributed by atoms with E-state index in [1.54, 1.807) is 36.5 Å². The smallest absolute Gasteiger partial charge is 0.159 e. The number of aromatic nitrogens is 1. The number of aliphatic hydroxyl groups excluding tert-OH is 1. The molecule has 0 aliphatic rings. The summed E-state index contributed by atoms with van der Waals surface area (Å²) in [4.78, 5) is 26.5. The first-order valence-corrected chi connectivity index (χ1v) is 6.41. The molecule has 5 nitrogen and oxygen atoms in total. The van der Waals surface area contributed by atoms with Gasteiger partial charge in [0.05, 0.1) is 17.9 Å². The Balaban J connectivity index is 2.14. The molecule has 1 heterocycles. The molecule has 0 bridgehead atoms.